The minimum absolute atomic E-state index is 0.00440. The Kier molecular flexibility index (Phi) is 4.07. The molecule has 0 radical (unpaired) electrons. The highest BCUT2D eigenvalue weighted by atomic mass is 79.9. The highest BCUT2D eigenvalue weighted by molar-refractivity contribution is 9.10. The van der Waals surface area contributed by atoms with Crippen molar-refractivity contribution in [2.75, 3.05) is 13.2 Å². The first-order valence-corrected chi connectivity index (χ1v) is 6.97. The molecule has 0 N–H and O–H groups in total. The third-order valence-electron chi connectivity index (χ3n) is 3.19. The van der Waals surface area contributed by atoms with Gasteiger partial charge in [0, 0.05) is 11.1 Å². The van der Waals surface area contributed by atoms with Crippen LogP contribution in [-0.4, -0.2) is 24.6 Å². The number of Topliss-reactive ketones (excluding diaryl/α,β-unsaturated/α-hetero) is 1. The first kappa shape index (κ1) is 13.6. The van der Waals surface area contributed by atoms with Crippen molar-refractivity contribution in [1.29, 1.82) is 0 Å². The van der Waals surface area contributed by atoms with E-state index in [0.717, 1.165) is 17.3 Å². The summed E-state index contributed by atoms with van der Waals surface area (Å²) < 4.78 is 12.0. The van der Waals surface area contributed by atoms with E-state index in [-0.39, 0.29) is 5.78 Å². The molecule has 1 fully saturated rings. The number of hydrogen-bond acceptors (Lipinski definition) is 3. The van der Waals surface area contributed by atoms with Gasteiger partial charge in [-0.2, -0.15) is 0 Å². The van der Waals surface area contributed by atoms with Crippen LogP contribution in [0.4, 0.5) is 0 Å². The standard InChI is InChI=1S/C14H17BrO3/c1-3-17-12-6-5-10(15)9-11(12)13(16)14(2)7-4-8-18-14/h5-6,9H,3-4,7-8H2,1-2H3. The fraction of sp³-hybridized carbons (Fsp3) is 0.500. The molecule has 3 nitrogen and oxygen atoms in total. The lowest BCUT2D eigenvalue weighted by molar-refractivity contribution is 0.0210. The highest BCUT2D eigenvalue weighted by Gasteiger charge is 2.39. The Morgan fingerprint density at radius 3 is 2.94 bits per heavy atom. The molecule has 1 aliphatic rings. The van der Waals surface area contributed by atoms with Gasteiger partial charge in [-0.25, -0.2) is 0 Å². The Morgan fingerprint density at radius 1 is 1.56 bits per heavy atom. The maximum atomic E-state index is 12.6. The molecule has 0 saturated carbocycles. The van der Waals surface area contributed by atoms with Crippen molar-refractivity contribution < 1.29 is 14.3 Å². The molecule has 0 aromatic heterocycles. The number of benzene rings is 1. The van der Waals surface area contributed by atoms with Crippen molar-refractivity contribution in [3.8, 4) is 5.75 Å². The van der Waals surface area contributed by atoms with E-state index in [4.69, 9.17) is 9.47 Å². The molecular weight excluding hydrogens is 296 g/mol. The molecule has 2 rings (SSSR count). The molecule has 1 aromatic carbocycles. The molecule has 1 saturated heterocycles. The average molecular weight is 313 g/mol. The predicted molar refractivity (Wildman–Crippen MR) is 73.2 cm³/mol. The van der Waals surface area contributed by atoms with Crippen molar-refractivity contribution >= 4 is 21.7 Å². The quantitative estimate of drug-likeness (QED) is 0.797. The third-order valence-corrected chi connectivity index (χ3v) is 3.68. The van der Waals surface area contributed by atoms with E-state index in [9.17, 15) is 4.79 Å². The monoisotopic (exact) mass is 312 g/mol. The molecule has 0 aliphatic carbocycles. The molecule has 1 aromatic rings. The van der Waals surface area contributed by atoms with Crippen LogP contribution in [0, 0.1) is 0 Å². The van der Waals surface area contributed by atoms with Crippen LogP contribution in [0.3, 0.4) is 0 Å². The van der Waals surface area contributed by atoms with Crippen LogP contribution in [0.15, 0.2) is 22.7 Å². The Labute approximate surface area is 116 Å². The summed E-state index contributed by atoms with van der Waals surface area (Å²) >= 11 is 3.39. The van der Waals surface area contributed by atoms with E-state index < -0.39 is 5.60 Å². The highest BCUT2D eigenvalue weighted by Crippen LogP contribution is 2.33. The lowest BCUT2D eigenvalue weighted by atomic mass is 9.91. The van der Waals surface area contributed by atoms with Gasteiger partial charge in [0.2, 0.25) is 0 Å². The van der Waals surface area contributed by atoms with Gasteiger partial charge in [-0.3, -0.25) is 4.79 Å². The molecule has 0 spiro atoms. The average Bonchev–Trinajstić information content (AvgIpc) is 2.79. The van der Waals surface area contributed by atoms with Gasteiger partial charge in [0.1, 0.15) is 11.4 Å². The Bertz CT molecular complexity index is 450. The van der Waals surface area contributed by atoms with E-state index in [1.54, 1.807) is 6.07 Å². The van der Waals surface area contributed by atoms with Gasteiger partial charge in [0.25, 0.3) is 0 Å². The van der Waals surface area contributed by atoms with Crippen molar-refractivity contribution in [1.82, 2.24) is 0 Å². The van der Waals surface area contributed by atoms with E-state index in [0.29, 0.717) is 24.5 Å². The number of carbonyl (C=O) groups is 1. The van der Waals surface area contributed by atoms with Crippen molar-refractivity contribution in [2.24, 2.45) is 0 Å². The van der Waals surface area contributed by atoms with Crippen LogP contribution in [-0.2, 0) is 4.74 Å². The maximum absolute atomic E-state index is 12.6. The minimum atomic E-state index is -0.702. The van der Waals surface area contributed by atoms with E-state index in [1.807, 2.05) is 26.0 Å². The maximum Gasteiger partial charge on any atom is 0.198 e. The van der Waals surface area contributed by atoms with Crippen LogP contribution in [0.5, 0.6) is 5.75 Å². The molecule has 1 heterocycles. The second kappa shape index (κ2) is 5.41. The van der Waals surface area contributed by atoms with Gasteiger partial charge in [-0.15, -0.1) is 0 Å². The summed E-state index contributed by atoms with van der Waals surface area (Å²) in [5, 5.41) is 0. The van der Waals surface area contributed by atoms with E-state index in [1.165, 1.54) is 0 Å². The summed E-state index contributed by atoms with van der Waals surface area (Å²) in [5.74, 6) is 0.632. The largest absolute Gasteiger partial charge is 0.493 e. The van der Waals surface area contributed by atoms with Gasteiger partial charge >= 0.3 is 0 Å². The van der Waals surface area contributed by atoms with Crippen molar-refractivity contribution in [3.05, 3.63) is 28.2 Å². The SMILES string of the molecule is CCOc1ccc(Br)cc1C(=O)C1(C)CCCO1. The van der Waals surface area contributed by atoms with Crippen LogP contribution in [0.2, 0.25) is 0 Å². The number of hydrogen-bond donors (Lipinski definition) is 0. The number of ketones is 1. The smallest absolute Gasteiger partial charge is 0.198 e. The molecule has 1 aliphatic heterocycles. The summed E-state index contributed by atoms with van der Waals surface area (Å²) in [7, 11) is 0. The first-order valence-electron chi connectivity index (χ1n) is 6.18. The zero-order chi connectivity index (χ0) is 13.2. The summed E-state index contributed by atoms with van der Waals surface area (Å²) in [4.78, 5) is 12.6. The molecule has 0 bridgehead atoms. The summed E-state index contributed by atoms with van der Waals surface area (Å²) in [6, 6.07) is 5.50. The lowest BCUT2D eigenvalue weighted by Gasteiger charge is -2.22. The van der Waals surface area contributed by atoms with Crippen LogP contribution >= 0.6 is 15.9 Å². The fourth-order valence-electron chi connectivity index (χ4n) is 2.20. The lowest BCUT2D eigenvalue weighted by Crippen LogP contribution is -2.34. The topological polar surface area (TPSA) is 35.5 Å². The second-order valence-electron chi connectivity index (χ2n) is 4.59. The van der Waals surface area contributed by atoms with Crippen molar-refractivity contribution in [2.45, 2.75) is 32.3 Å². The molecule has 1 atom stereocenters. The Balaban J connectivity index is 2.36. The van der Waals surface area contributed by atoms with Gasteiger partial charge in [-0.05, 0) is 44.9 Å². The summed E-state index contributed by atoms with van der Waals surface area (Å²) in [6.45, 7) is 4.96. The zero-order valence-corrected chi connectivity index (χ0v) is 12.2. The summed E-state index contributed by atoms with van der Waals surface area (Å²) in [6.07, 6.45) is 1.70. The second-order valence-corrected chi connectivity index (χ2v) is 5.50. The fourth-order valence-corrected chi connectivity index (χ4v) is 2.57. The number of rotatable bonds is 4. The molecule has 98 valence electrons. The van der Waals surface area contributed by atoms with Crippen molar-refractivity contribution in [3.63, 3.8) is 0 Å². The van der Waals surface area contributed by atoms with Gasteiger partial charge < -0.3 is 9.47 Å². The Morgan fingerprint density at radius 2 is 2.33 bits per heavy atom. The van der Waals surface area contributed by atoms with E-state index >= 15 is 0 Å². The predicted octanol–water partition coefficient (Wildman–Crippen LogP) is 3.60. The van der Waals surface area contributed by atoms with Gasteiger partial charge in [0.15, 0.2) is 5.78 Å². The first-order chi connectivity index (χ1) is 8.57. The van der Waals surface area contributed by atoms with Crippen LogP contribution < -0.4 is 4.74 Å². The molecular formula is C14H17BrO3. The van der Waals surface area contributed by atoms with E-state index in [2.05, 4.69) is 15.9 Å². The number of carbonyl (C=O) groups excluding carboxylic acids is 1. The third kappa shape index (κ3) is 2.59. The van der Waals surface area contributed by atoms with Crippen LogP contribution in [0.1, 0.15) is 37.0 Å². The molecule has 1 unspecified atom stereocenters. The molecule has 18 heavy (non-hydrogen) atoms. The molecule has 0 amide bonds. The minimum Gasteiger partial charge on any atom is -0.493 e. The van der Waals surface area contributed by atoms with Gasteiger partial charge in [0.05, 0.1) is 12.2 Å². The number of ether oxygens (including phenoxy) is 2. The Hall–Kier alpha value is -0.870. The number of halogens is 1. The zero-order valence-electron chi connectivity index (χ0n) is 10.7. The normalized spacial score (nSPS) is 23.1. The van der Waals surface area contributed by atoms with Crippen LogP contribution in [0.25, 0.3) is 0 Å². The van der Waals surface area contributed by atoms with Gasteiger partial charge in [-0.1, -0.05) is 15.9 Å². The summed E-state index contributed by atoms with van der Waals surface area (Å²) in [5.41, 5.74) is -0.109. The molecule has 4 heteroatoms.